The van der Waals surface area contributed by atoms with Gasteiger partial charge in [-0.25, -0.2) is 4.39 Å². The molecular weight excluding hydrogens is 419 g/mol. The van der Waals surface area contributed by atoms with Gasteiger partial charge in [0, 0.05) is 23.1 Å². The van der Waals surface area contributed by atoms with Crippen molar-refractivity contribution in [1.29, 1.82) is 0 Å². The maximum atomic E-state index is 13.7. The zero-order valence-electron chi connectivity index (χ0n) is 17.7. The standard InChI is InChI=1S/C24H24ClFN2O3/c1-14(2)19-11-15(22(29)27-17-7-10-20(25)21(26)12-17)13-28(23(19)30)18-8-5-16(6-9-18)24(3,4)31/h5-14,31H,1-4H3,(H,27,29). The lowest BCUT2D eigenvalue weighted by atomic mass is 9.98. The molecule has 0 spiro atoms. The van der Waals surface area contributed by atoms with Gasteiger partial charge in [-0.3, -0.25) is 14.2 Å². The van der Waals surface area contributed by atoms with Crippen molar-refractivity contribution in [3.05, 3.63) is 92.6 Å². The Morgan fingerprint density at radius 3 is 2.32 bits per heavy atom. The Morgan fingerprint density at radius 2 is 1.77 bits per heavy atom. The fraction of sp³-hybridized carbons (Fsp3) is 0.250. The highest BCUT2D eigenvalue weighted by atomic mass is 35.5. The fourth-order valence-electron chi connectivity index (χ4n) is 3.14. The Labute approximate surface area is 185 Å². The Bertz CT molecular complexity index is 1180. The van der Waals surface area contributed by atoms with Gasteiger partial charge < -0.3 is 10.4 Å². The number of halogens is 2. The van der Waals surface area contributed by atoms with Gasteiger partial charge in [0.15, 0.2) is 0 Å². The first-order valence-corrected chi connectivity index (χ1v) is 10.2. The van der Waals surface area contributed by atoms with Crippen LogP contribution in [0.25, 0.3) is 5.69 Å². The second-order valence-electron chi connectivity index (χ2n) is 8.20. The Morgan fingerprint density at radius 1 is 1.13 bits per heavy atom. The van der Waals surface area contributed by atoms with Crippen molar-refractivity contribution >= 4 is 23.2 Å². The van der Waals surface area contributed by atoms with E-state index in [0.29, 0.717) is 16.8 Å². The molecule has 0 bridgehead atoms. The molecule has 0 saturated carbocycles. The summed E-state index contributed by atoms with van der Waals surface area (Å²) in [6, 6.07) is 12.4. The van der Waals surface area contributed by atoms with Crippen molar-refractivity contribution in [3.63, 3.8) is 0 Å². The molecule has 3 aromatic rings. The Balaban J connectivity index is 2.04. The maximum Gasteiger partial charge on any atom is 0.258 e. The second kappa shape index (κ2) is 8.65. The number of hydrogen-bond acceptors (Lipinski definition) is 3. The minimum absolute atomic E-state index is 0.0388. The molecule has 3 rings (SSSR count). The van der Waals surface area contributed by atoms with E-state index in [9.17, 15) is 19.1 Å². The highest BCUT2D eigenvalue weighted by Gasteiger charge is 2.18. The summed E-state index contributed by atoms with van der Waals surface area (Å²) in [6.07, 6.45) is 1.45. The van der Waals surface area contributed by atoms with E-state index in [4.69, 9.17) is 11.6 Å². The predicted octanol–water partition coefficient (Wildman–Crippen LogP) is 5.23. The summed E-state index contributed by atoms with van der Waals surface area (Å²) in [7, 11) is 0. The van der Waals surface area contributed by atoms with E-state index in [1.165, 1.54) is 22.9 Å². The van der Waals surface area contributed by atoms with Gasteiger partial charge in [0.1, 0.15) is 5.82 Å². The van der Waals surface area contributed by atoms with E-state index in [2.05, 4.69) is 5.32 Å². The van der Waals surface area contributed by atoms with Crippen LogP contribution in [0.4, 0.5) is 10.1 Å². The Hall–Kier alpha value is -2.96. The molecule has 0 radical (unpaired) electrons. The molecule has 31 heavy (non-hydrogen) atoms. The van der Waals surface area contributed by atoms with Crippen LogP contribution < -0.4 is 10.9 Å². The zero-order chi connectivity index (χ0) is 22.9. The van der Waals surface area contributed by atoms with E-state index in [0.717, 1.165) is 6.07 Å². The quantitative estimate of drug-likeness (QED) is 0.568. The number of aromatic nitrogens is 1. The first-order chi connectivity index (χ1) is 14.5. The van der Waals surface area contributed by atoms with Gasteiger partial charge >= 0.3 is 0 Å². The van der Waals surface area contributed by atoms with Crippen molar-refractivity contribution in [2.24, 2.45) is 0 Å². The summed E-state index contributed by atoms with van der Waals surface area (Å²) in [6.45, 7) is 7.09. The molecule has 5 nitrogen and oxygen atoms in total. The molecule has 0 fully saturated rings. The third kappa shape index (κ3) is 5.03. The first-order valence-electron chi connectivity index (χ1n) is 9.83. The lowest BCUT2D eigenvalue weighted by Gasteiger charge is -2.19. The van der Waals surface area contributed by atoms with Crippen LogP contribution in [-0.4, -0.2) is 15.6 Å². The number of pyridine rings is 1. The average Bonchev–Trinajstić information content (AvgIpc) is 2.70. The highest BCUT2D eigenvalue weighted by molar-refractivity contribution is 6.30. The lowest BCUT2D eigenvalue weighted by molar-refractivity contribution is 0.0786. The molecular formula is C24H24ClFN2O3. The van der Waals surface area contributed by atoms with Crippen LogP contribution in [-0.2, 0) is 5.60 Å². The zero-order valence-corrected chi connectivity index (χ0v) is 18.5. The number of rotatable bonds is 5. The van der Waals surface area contributed by atoms with Crippen molar-refractivity contribution in [3.8, 4) is 5.69 Å². The van der Waals surface area contributed by atoms with E-state index < -0.39 is 17.3 Å². The average molecular weight is 443 g/mol. The van der Waals surface area contributed by atoms with Crippen LogP contribution in [0, 0.1) is 5.82 Å². The molecule has 162 valence electrons. The van der Waals surface area contributed by atoms with E-state index in [1.54, 1.807) is 44.2 Å². The smallest absolute Gasteiger partial charge is 0.258 e. The van der Waals surface area contributed by atoms with Gasteiger partial charge in [-0.05, 0) is 61.7 Å². The molecule has 0 aliphatic rings. The molecule has 2 N–H and O–H groups in total. The number of carbonyl (C=O) groups excluding carboxylic acids is 1. The van der Waals surface area contributed by atoms with Gasteiger partial charge in [-0.2, -0.15) is 0 Å². The number of hydrogen-bond donors (Lipinski definition) is 2. The van der Waals surface area contributed by atoms with Crippen molar-refractivity contribution in [1.82, 2.24) is 4.57 Å². The van der Waals surface area contributed by atoms with Gasteiger partial charge in [0.25, 0.3) is 11.5 Å². The highest BCUT2D eigenvalue weighted by Crippen LogP contribution is 2.22. The minimum Gasteiger partial charge on any atom is -0.386 e. The monoisotopic (exact) mass is 442 g/mol. The van der Waals surface area contributed by atoms with Gasteiger partial charge in [0.2, 0.25) is 0 Å². The number of anilines is 1. The summed E-state index contributed by atoms with van der Waals surface area (Å²) < 4.78 is 15.1. The topological polar surface area (TPSA) is 71.3 Å². The van der Waals surface area contributed by atoms with Gasteiger partial charge in [-0.1, -0.05) is 37.6 Å². The molecule has 7 heteroatoms. The van der Waals surface area contributed by atoms with Crippen LogP contribution in [0.1, 0.15) is 55.1 Å². The number of carbonyl (C=O) groups is 1. The number of nitrogens with one attached hydrogen (secondary N) is 1. The molecule has 1 heterocycles. The summed E-state index contributed by atoms with van der Waals surface area (Å²) in [5, 5.41) is 12.8. The minimum atomic E-state index is -1.01. The van der Waals surface area contributed by atoms with Crippen molar-refractivity contribution in [2.45, 2.75) is 39.2 Å². The van der Waals surface area contributed by atoms with Crippen LogP contribution in [0.5, 0.6) is 0 Å². The van der Waals surface area contributed by atoms with Gasteiger partial charge in [0.05, 0.1) is 16.2 Å². The van der Waals surface area contributed by atoms with Crippen LogP contribution in [0.3, 0.4) is 0 Å². The van der Waals surface area contributed by atoms with Crippen LogP contribution >= 0.6 is 11.6 Å². The molecule has 0 aliphatic carbocycles. The molecule has 2 aromatic carbocycles. The van der Waals surface area contributed by atoms with Crippen molar-refractivity contribution < 1.29 is 14.3 Å². The SMILES string of the molecule is CC(C)c1cc(C(=O)Nc2ccc(Cl)c(F)c2)cn(-c2ccc(C(C)(C)O)cc2)c1=O. The number of nitrogens with zero attached hydrogens (tertiary/aromatic N) is 1. The predicted molar refractivity (Wildman–Crippen MR) is 121 cm³/mol. The summed E-state index contributed by atoms with van der Waals surface area (Å²) in [5.41, 5.74) is 0.999. The largest absolute Gasteiger partial charge is 0.386 e. The summed E-state index contributed by atoms with van der Waals surface area (Å²) in [4.78, 5) is 25.9. The van der Waals surface area contributed by atoms with E-state index in [1.807, 2.05) is 13.8 Å². The van der Waals surface area contributed by atoms with Crippen LogP contribution in [0.15, 0.2) is 59.5 Å². The second-order valence-corrected chi connectivity index (χ2v) is 8.61. The van der Waals surface area contributed by atoms with Crippen molar-refractivity contribution in [2.75, 3.05) is 5.32 Å². The normalized spacial score (nSPS) is 11.6. The lowest BCUT2D eigenvalue weighted by Crippen LogP contribution is -2.26. The number of aliphatic hydroxyl groups is 1. The number of amides is 1. The molecule has 1 amide bonds. The first kappa shape index (κ1) is 22.7. The Kier molecular flexibility index (Phi) is 6.34. The third-order valence-corrected chi connectivity index (χ3v) is 5.27. The summed E-state index contributed by atoms with van der Waals surface area (Å²) >= 11 is 5.69. The van der Waals surface area contributed by atoms with E-state index in [-0.39, 0.29) is 27.8 Å². The van der Waals surface area contributed by atoms with Gasteiger partial charge in [-0.15, -0.1) is 0 Å². The summed E-state index contributed by atoms with van der Waals surface area (Å²) in [5.74, 6) is -1.24. The number of benzene rings is 2. The third-order valence-electron chi connectivity index (χ3n) is 4.96. The molecule has 0 saturated heterocycles. The van der Waals surface area contributed by atoms with E-state index >= 15 is 0 Å². The molecule has 0 unspecified atom stereocenters. The maximum absolute atomic E-state index is 13.7. The van der Waals surface area contributed by atoms with Crippen LogP contribution in [0.2, 0.25) is 5.02 Å². The fourth-order valence-corrected chi connectivity index (χ4v) is 3.26. The molecule has 0 atom stereocenters. The molecule has 1 aromatic heterocycles. The molecule has 0 aliphatic heterocycles.